The van der Waals surface area contributed by atoms with E-state index in [4.69, 9.17) is 16.3 Å². The Morgan fingerprint density at radius 1 is 1.29 bits per heavy atom. The number of anilines is 1. The fraction of sp³-hybridized carbons (Fsp3) is 0.611. The number of hydrogen-bond donors (Lipinski definition) is 1. The lowest BCUT2D eigenvalue weighted by molar-refractivity contribution is -0.117. The number of aryl methyl sites for hydroxylation is 1. The fourth-order valence-corrected chi connectivity index (χ4v) is 3.45. The van der Waals surface area contributed by atoms with Gasteiger partial charge in [-0.25, -0.2) is 0 Å². The molecule has 0 radical (unpaired) electrons. The van der Waals surface area contributed by atoms with Crippen LogP contribution in [0.5, 0.6) is 0 Å². The minimum Gasteiger partial charge on any atom is -0.377 e. The molecular formula is C18H26ClN3O2. The van der Waals surface area contributed by atoms with Gasteiger partial charge in [0.2, 0.25) is 5.91 Å². The molecule has 2 saturated heterocycles. The predicted octanol–water partition coefficient (Wildman–Crippen LogP) is 2.38. The summed E-state index contributed by atoms with van der Waals surface area (Å²) >= 11 is 6.01. The number of ether oxygens (including phenoxy) is 1. The van der Waals surface area contributed by atoms with E-state index in [1.54, 1.807) is 0 Å². The first-order valence-electron chi connectivity index (χ1n) is 8.72. The van der Waals surface area contributed by atoms with Gasteiger partial charge in [0, 0.05) is 50.0 Å². The van der Waals surface area contributed by atoms with Crippen molar-refractivity contribution in [2.45, 2.75) is 25.9 Å². The van der Waals surface area contributed by atoms with Crippen molar-refractivity contribution in [3.8, 4) is 0 Å². The van der Waals surface area contributed by atoms with Gasteiger partial charge >= 0.3 is 0 Å². The molecule has 2 aliphatic rings. The van der Waals surface area contributed by atoms with Gasteiger partial charge < -0.3 is 10.1 Å². The third-order valence-corrected chi connectivity index (χ3v) is 5.18. The summed E-state index contributed by atoms with van der Waals surface area (Å²) in [7, 11) is 0. The quantitative estimate of drug-likeness (QED) is 0.884. The molecule has 3 rings (SSSR count). The molecule has 24 heavy (non-hydrogen) atoms. The highest BCUT2D eigenvalue weighted by Gasteiger charge is 2.23. The van der Waals surface area contributed by atoms with Gasteiger partial charge in [-0.05, 0) is 43.5 Å². The van der Waals surface area contributed by atoms with Crippen molar-refractivity contribution < 1.29 is 9.53 Å². The van der Waals surface area contributed by atoms with Crippen LogP contribution in [0.1, 0.15) is 18.4 Å². The Balaban J connectivity index is 1.40. The monoisotopic (exact) mass is 351 g/mol. The zero-order valence-electron chi connectivity index (χ0n) is 14.3. The Morgan fingerprint density at radius 2 is 2.04 bits per heavy atom. The highest BCUT2D eigenvalue weighted by atomic mass is 35.5. The van der Waals surface area contributed by atoms with Crippen molar-refractivity contribution in [2.24, 2.45) is 0 Å². The van der Waals surface area contributed by atoms with E-state index in [1.807, 2.05) is 25.1 Å². The summed E-state index contributed by atoms with van der Waals surface area (Å²) in [5.74, 6) is 0.0318. The zero-order chi connectivity index (χ0) is 16.9. The first-order valence-corrected chi connectivity index (χ1v) is 9.10. The molecule has 2 heterocycles. The second-order valence-electron chi connectivity index (χ2n) is 6.72. The molecular weight excluding hydrogens is 326 g/mol. The molecule has 2 aliphatic heterocycles. The van der Waals surface area contributed by atoms with E-state index in [2.05, 4.69) is 15.1 Å². The molecule has 0 aromatic heterocycles. The van der Waals surface area contributed by atoms with E-state index >= 15 is 0 Å². The Labute approximate surface area is 148 Å². The molecule has 0 bridgehead atoms. The standard InChI is InChI=1S/C18H26ClN3O2/c1-14-11-15(4-5-17(14)19)20-18(23)13-22-8-6-21(7-9-22)12-16-3-2-10-24-16/h4-5,11,16H,2-3,6-10,12-13H2,1H3,(H,20,23). The van der Waals surface area contributed by atoms with Crippen LogP contribution in [0.4, 0.5) is 5.69 Å². The summed E-state index contributed by atoms with van der Waals surface area (Å²) in [6.45, 7) is 8.19. The minimum absolute atomic E-state index is 0.0318. The minimum atomic E-state index is 0.0318. The number of hydrogen-bond acceptors (Lipinski definition) is 4. The number of piperazine rings is 1. The van der Waals surface area contributed by atoms with Gasteiger partial charge in [0.15, 0.2) is 0 Å². The smallest absolute Gasteiger partial charge is 0.238 e. The van der Waals surface area contributed by atoms with Crippen molar-refractivity contribution in [1.29, 1.82) is 0 Å². The van der Waals surface area contributed by atoms with Crippen LogP contribution in [-0.4, -0.2) is 67.7 Å². The van der Waals surface area contributed by atoms with Crippen molar-refractivity contribution in [1.82, 2.24) is 9.80 Å². The van der Waals surface area contributed by atoms with E-state index in [-0.39, 0.29) is 5.91 Å². The third kappa shape index (κ3) is 4.93. The lowest BCUT2D eigenvalue weighted by Crippen LogP contribution is -2.50. The number of halogens is 1. The van der Waals surface area contributed by atoms with Crippen LogP contribution < -0.4 is 5.32 Å². The maximum atomic E-state index is 12.2. The number of nitrogens with zero attached hydrogens (tertiary/aromatic N) is 2. The third-order valence-electron chi connectivity index (χ3n) is 4.76. The van der Waals surface area contributed by atoms with Gasteiger partial charge in [0.05, 0.1) is 12.6 Å². The second kappa shape index (κ2) is 8.30. The summed E-state index contributed by atoms with van der Waals surface area (Å²) in [5.41, 5.74) is 1.77. The average molecular weight is 352 g/mol. The van der Waals surface area contributed by atoms with E-state index in [1.165, 1.54) is 12.8 Å². The molecule has 0 aliphatic carbocycles. The van der Waals surface area contributed by atoms with Crippen LogP contribution in [0.2, 0.25) is 5.02 Å². The highest BCUT2D eigenvalue weighted by Crippen LogP contribution is 2.19. The van der Waals surface area contributed by atoms with Crippen molar-refractivity contribution >= 4 is 23.2 Å². The number of rotatable bonds is 5. The molecule has 132 valence electrons. The van der Waals surface area contributed by atoms with Crippen LogP contribution >= 0.6 is 11.6 Å². The largest absolute Gasteiger partial charge is 0.377 e. The molecule has 1 aromatic rings. The van der Waals surface area contributed by atoms with Crippen LogP contribution in [0.3, 0.4) is 0 Å². The molecule has 2 fully saturated rings. The molecule has 1 N–H and O–H groups in total. The van der Waals surface area contributed by atoms with Gasteiger partial charge in [-0.15, -0.1) is 0 Å². The Morgan fingerprint density at radius 3 is 2.71 bits per heavy atom. The maximum absolute atomic E-state index is 12.2. The van der Waals surface area contributed by atoms with Crippen molar-refractivity contribution in [2.75, 3.05) is 51.2 Å². The van der Waals surface area contributed by atoms with E-state index in [0.29, 0.717) is 12.6 Å². The zero-order valence-corrected chi connectivity index (χ0v) is 15.0. The second-order valence-corrected chi connectivity index (χ2v) is 7.13. The molecule has 5 nitrogen and oxygen atoms in total. The first kappa shape index (κ1) is 17.7. The summed E-state index contributed by atoms with van der Waals surface area (Å²) in [6, 6.07) is 5.56. The van der Waals surface area contributed by atoms with Crippen molar-refractivity contribution in [3.63, 3.8) is 0 Å². The summed E-state index contributed by atoms with van der Waals surface area (Å²) in [4.78, 5) is 16.9. The van der Waals surface area contributed by atoms with Crippen LogP contribution in [0.25, 0.3) is 0 Å². The molecule has 6 heteroatoms. The number of carbonyl (C=O) groups is 1. The van der Waals surface area contributed by atoms with Gasteiger partial charge in [-0.1, -0.05) is 11.6 Å². The van der Waals surface area contributed by atoms with Crippen molar-refractivity contribution in [3.05, 3.63) is 28.8 Å². The number of benzene rings is 1. The topological polar surface area (TPSA) is 44.8 Å². The van der Waals surface area contributed by atoms with Gasteiger partial charge in [0.1, 0.15) is 0 Å². The Kier molecular flexibility index (Phi) is 6.11. The molecule has 0 saturated carbocycles. The number of nitrogens with one attached hydrogen (secondary N) is 1. The predicted molar refractivity (Wildman–Crippen MR) is 96.7 cm³/mol. The maximum Gasteiger partial charge on any atom is 0.238 e. The number of amides is 1. The summed E-state index contributed by atoms with van der Waals surface area (Å²) in [6.07, 6.45) is 2.78. The molecule has 0 spiro atoms. The van der Waals surface area contributed by atoms with Crippen LogP contribution in [0, 0.1) is 6.92 Å². The molecule has 1 atom stereocenters. The summed E-state index contributed by atoms with van der Waals surface area (Å²) in [5, 5.41) is 3.67. The van der Waals surface area contributed by atoms with Crippen LogP contribution in [0.15, 0.2) is 18.2 Å². The van der Waals surface area contributed by atoms with Gasteiger partial charge in [-0.3, -0.25) is 14.6 Å². The summed E-state index contributed by atoms with van der Waals surface area (Å²) < 4.78 is 5.70. The lowest BCUT2D eigenvalue weighted by Gasteiger charge is -2.35. The van der Waals surface area contributed by atoms with E-state index < -0.39 is 0 Å². The SMILES string of the molecule is Cc1cc(NC(=O)CN2CCN(CC3CCCO3)CC2)ccc1Cl. The van der Waals surface area contributed by atoms with Gasteiger partial charge in [-0.2, -0.15) is 0 Å². The Bertz CT molecular complexity index is 567. The van der Waals surface area contributed by atoms with Gasteiger partial charge in [0.25, 0.3) is 0 Å². The fourth-order valence-electron chi connectivity index (χ4n) is 3.33. The molecule has 1 amide bonds. The Hall–Kier alpha value is -1.14. The number of carbonyl (C=O) groups excluding carboxylic acids is 1. The first-order chi connectivity index (χ1) is 11.6. The lowest BCUT2D eigenvalue weighted by atomic mass is 10.2. The molecule has 1 aromatic carbocycles. The van der Waals surface area contributed by atoms with E-state index in [9.17, 15) is 4.79 Å². The highest BCUT2D eigenvalue weighted by molar-refractivity contribution is 6.31. The normalized spacial score (nSPS) is 22.7. The van der Waals surface area contributed by atoms with E-state index in [0.717, 1.165) is 55.6 Å². The average Bonchev–Trinajstić information content (AvgIpc) is 3.06. The molecule has 1 unspecified atom stereocenters. The van der Waals surface area contributed by atoms with Crippen LogP contribution in [-0.2, 0) is 9.53 Å².